The molecule has 0 aliphatic carbocycles. The first-order valence-corrected chi connectivity index (χ1v) is 7.90. The fourth-order valence-electron chi connectivity index (χ4n) is 3.51. The molecule has 2 saturated heterocycles. The first-order valence-electron chi connectivity index (χ1n) is 7.90. The van der Waals surface area contributed by atoms with E-state index in [2.05, 4.69) is 5.32 Å². The van der Waals surface area contributed by atoms with E-state index >= 15 is 0 Å². The van der Waals surface area contributed by atoms with Crippen LogP contribution in [0.5, 0.6) is 0 Å². The van der Waals surface area contributed by atoms with Crippen LogP contribution in [0.4, 0.5) is 4.39 Å². The molecule has 3 nitrogen and oxygen atoms in total. The predicted molar refractivity (Wildman–Crippen MR) is 87.7 cm³/mol. The van der Waals surface area contributed by atoms with Crippen molar-refractivity contribution >= 4 is 18.3 Å². The van der Waals surface area contributed by atoms with Gasteiger partial charge in [0.05, 0.1) is 0 Å². The Morgan fingerprint density at radius 1 is 1.18 bits per heavy atom. The molecule has 0 radical (unpaired) electrons. The van der Waals surface area contributed by atoms with Gasteiger partial charge in [-0.25, -0.2) is 4.39 Å². The van der Waals surface area contributed by atoms with E-state index < -0.39 is 0 Å². The lowest BCUT2D eigenvalue weighted by atomic mass is 9.78. The SMILES string of the molecule is Cl.O=C(CCc1ccc(F)cc1)N1CCC2(CCNC2)CC1. The molecule has 0 aromatic heterocycles. The number of hydrogen-bond acceptors (Lipinski definition) is 2. The number of carbonyl (C=O) groups is 1. The Morgan fingerprint density at radius 3 is 2.45 bits per heavy atom. The van der Waals surface area contributed by atoms with Crippen LogP contribution in [0, 0.1) is 11.2 Å². The number of benzene rings is 1. The lowest BCUT2D eigenvalue weighted by molar-refractivity contribution is -0.133. The van der Waals surface area contributed by atoms with E-state index in [-0.39, 0.29) is 24.1 Å². The highest BCUT2D eigenvalue weighted by Gasteiger charge is 2.37. The summed E-state index contributed by atoms with van der Waals surface area (Å²) in [5.41, 5.74) is 1.48. The van der Waals surface area contributed by atoms with Gasteiger partial charge in [-0.15, -0.1) is 12.4 Å². The van der Waals surface area contributed by atoms with Crippen molar-refractivity contribution in [3.8, 4) is 0 Å². The minimum absolute atomic E-state index is 0. The molecule has 1 aromatic carbocycles. The van der Waals surface area contributed by atoms with Crippen LogP contribution in [-0.2, 0) is 11.2 Å². The van der Waals surface area contributed by atoms with Gasteiger partial charge in [-0.1, -0.05) is 12.1 Å². The van der Waals surface area contributed by atoms with E-state index in [0.29, 0.717) is 18.3 Å². The average Bonchev–Trinajstić information content (AvgIpc) is 2.95. The zero-order chi connectivity index (χ0) is 14.7. The van der Waals surface area contributed by atoms with Gasteiger partial charge in [0, 0.05) is 26.1 Å². The summed E-state index contributed by atoms with van der Waals surface area (Å²) in [6.45, 7) is 4.02. The number of likely N-dealkylation sites (tertiary alicyclic amines) is 1. The molecule has 0 saturated carbocycles. The second kappa shape index (κ2) is 7.42. The molecule has 22 heavy (non-hydrogen) atoms. The maximum Gasteiger partial charge on any atom is 0.222 e. The summed E-state index contributed by atoms with van der Waals surface area (Å²) in [6.07, 6.45) is 4.73. The smallest absolute Gasteiger partial charge is 0.222 e. The molecule has 1 N–H and O–H groups in total. The quantitative estimate of drug-likeness (QED) is 0.926. The number of carbonyl (C=O) groups excluding carboxylic acids is 1. The summed E-state index contributed by atoms with van der Waals surface area (Å²) in [5, 5.41) is 3.44. The molecule has 0 bridgehead atoms. The topological polar surface area (TPSA) is 32.3 Å². The second-order valence-corrected chi connectivity index (χ2v) is 6.43. The number of halogens is 2. The van der Waals surface area contributed by atoms with Crippen molar-refractivity contribution in [2.45, 2.75) is 32.1 Å². The first kappa shape index (κ1) is 17.2. The highest BCUT2D eigenvalue weighted by molar-refractivity contribution is 5.85. The Morgan fingerprint density at radius 2 is 1.86 bits per heavy atom. The summed E-state index contributed by atoms with van der Waals surface area (Å²) in [5.74, 6) is 0.0108. The fraction of sp³-hybridized carbons (Fsp3) is 0.588. The second-order valence-electron chi connectivity index (χ2n) is 6.43. The van der Waals surface area contributed by atoms with E-state index in [1.807, 2.05) is 4.90 Å². The molecule has 2 aliphatic heterocycles. The van der Waals surface area contributed by atoms with Gasteiger partial charge >= 0.3 is 0 Å². The third-order valence-electron chi connectivity index (χ3n) is 5.05. The van der Waals surface area contributed by atoms with Crippen LogP contribution in [0.2, 0.25) is 0 Å². The van der Waals surface area contributed by atoms with Crippen molar-refractivity contribution < 1.29 is 9.18 Å². The van der Waals surface area contributed by atoms with E-state index in [0.717, 1.165) is 44.6 Å². The number of rotatable bonds is 3. The van der Waals surface area contributed by atoms with Crippen molar-refractivity contribution in [1.82, 2.24) is 10.2 Å². The van der Waals surface area contributed by atoms with Crippen LogP contribution in [0.1, 0.15) is 31.2 Å². The molecule has 3 rings (SSSR count). The number of hydrogen-bond donors (Lipinski definition) is 1. The summed E-state index contributed by atoms with van der Waals surface area (Å²) in [6, 6.07) is 6.44. The molecule has 5 heteroatoms. The van der Waals surface area contributed by atoms with Crippen molar-refractivity contribution in [2.75, 3.05) is 26.2 Å². The third kappa shape index (κ3) is 3.99. The Kier molecular flexibility index (Phi) is 5.81. The van der Waals surface area contributed by atoms with Crippen molar-refractivity contribution in [3.05, 3.63) is 35.6 Å². The zero-order valence-electron chi connectivity index (χ0n) is 12.8. The molecule has 1 amide bonds. The average molecular weight is 327 g/mol. The lowest BCUT2D eigenvalue weighted by Gasteiger charge is -2.39. The number of amides is 1. The van der Waals surface area contributed by atoms with Crippen molar-refractivity contribution in [2.24, 2.45) is 5.41 Å². The largest absolute Gasteiger partial charge is 0.343 e. The van der Waals surface area contributed by atoms with E-state index in [4.69, 9.17) is 0 Å². The normalized spacial score (nSPS) is 20.0. The lowest BCUT2D eigenvalue weighted by Crippen LogP contribution is -2.44. The van der Waals surface area contributed by atoms with Gasteiger partial charge in [0.2, 0.25) is 5.91 Å². The van der Waals surface area contributed by atoms with Crippen LogP contribution < -0.4 is 5.32 Å². The maximum atomic E-state index is 12.8. The standard InChI is InChI=1S/C17H23FN2O.ClH/c18-15-4-1-14(2-5-15)3-6-16(21)20-11-8-17(9-12-20)7-10-19-13-17;/h1-2,4-5,19H,3,6-13H2;1H. The van der Waals surface area contributed by atoms with Crippen LogP contribution in [0.15, 0.2) is 24.3 Å². The van der Waals surface area contributed by atoms with Crippen LogP contribution >= 0.6 is 12.4 Å². The number of nitrogens with one attached hydrogen (secondary N) is 1. The van der Waals surface area contributed by atoms with Crippen LogP contribution in [-0.4, -0.2) is 37.0 Å². The molecule has 2 aliphatic rings. The van der Waals surface area contributed by atoms with Crippen molar-refractivity contribution in [1.29, 1.82) is 0 Å². The van der Waals surface area contributed by atoms with Gasteiger partial charge < -0.3 is 10.2 Å². The zero-order valence-corrected chi connectivity index (χ0v) is 13.6. The Bertz CT molecular complexity index is 490. The first-order chi connectivity index (χ1) is 10.2. The highest BCUT2D eigenvalue weighted by Crippen LogP contribution is 2.36. The van der Waals surface area contributed by atoms with Gasteiger partial charge in [-0.05, 0) is 55.3 Å². The molecule has 2 heterocycles. The molecule has 0 unspecified atom stereocenters. The number of nitrogens with zero attached hydrogens (tertiary/aromatic N) is 1. The molecule has 1 spiro atoms. The summed E-state index contributed by atoms with van der Waals surface area (Å²) < 4.78 is 12.8. The summed E-state index contributed by atoms with van der Waals surface area (Å²) in [7, 11) is 0. The third-order valence-corrected chi connectivity index (χ3v) is 5.05. The molecule has 0 atom stereocenters. The summed E-state index contributed by atoms with van der Waals surface area (Å²) >= 11 is 0. The maximum absolute atomic E-state index is 12.8. The van der Waals surface area contributed by atoms with Gasteiger partial charge in [0.25, 0.3) is 0 Å². The van der Waals surface area contributed by atoms with Crippen LogP contribution in [0.3, 0.4) is 0 Å². The van der Waals surface area contributed by atoms with Gasteiger partial charge in [0.15, 0.2) is 0 Å². The van der Waals surface area contributed by atoms with Gasteiger partial charge in [0.1, 0.15) is 5.82 Å². The Hall–Kier alpha value is -1.13. The Balaban J connectivity index is 0.00000176. The predicted octanol–water partition coefficient (Wildman–Crippen LogP) is 2.78. The molecular formula is C17H24ClFN2O. The minimum Gasteiger partial charge on any atom is -0.343 e. The molecule has 1 aromatic rings. The number of piperidine rings is 1. The monoisotopic (exact) mass is 326 g/mol. The van der Waals surface area contributed by atoms with E-state index in [1.165, 1.54) is 18.6 Å². The van der Waals surface area contributed by atoms with Gasteiger partial charge in [-0.3, -0.25) is 4.79 Å². The number of aryl methyl sites for hydroxylation is 1. The fourth-order valence-corrected chi connectivity index (χ4v) is 3.51. The minimum atomic E-state index is -0.225. The van der Waals surface area contributed by atoms with Crippen LogP contribution in [0.25, 0.3) is 0 Å². The summed E-state index contributed by atoms with van der Waals surface area (Å²) in [4.78, 5) is 14.3. The van der Waals surface area contributed by atoms with E-state index in [1.54, 1.807) is 12.1 Å². The molecule has 122 valence electrons. The van der Waals surface area contributed by atoms with E-state index in [9.17, 15) is 9.18 Å². The molecule has 2 fully saturated rings. The Labute approximate surface area is 137 Å². The highest BCUT2D eigenvalue weighted by atomic mass is 35.5. The van der Waals surface area contributed by atoms with Gasteiger partial charge in [-0.2, -0.15) is 0 Å². The molecular weight excluding hydrogens is 303 g/mol. The van der Waals surface area contributed by atoms with Crippen molar-refractivity contribution in [3.63, 3.8) is 0 Å².